The molecule has 5 heteroatoms. The van der Waals surface area contributed by atoms with Crippen molar-refractivity contribution in [1.82, 2.24) is 20.1 Å². The number of hydrogen-bond acceptors (Lipinski definition) is 3. The molecule has 0 bridgehead atoms. The Morgan fingerprint density at radius 3 is 2.61 bits per heavy atom. The van der Waals surface area contributed by atoms with Crippen molar-refractivity contribution < 1.29 is 4.79 Å². The van der Waals surface area contributed by atoms with Gasteiger partial charge in [-0.1, -0.05) is 6.92 Å². The monoisotopic (exact) mass is 312 g/mol. The molecule has 122 valence electrons. The molecule has 1 atom stereocenters. The number of carbonyl (C=O) groups excluding carboxylic acids is 1. The number of hydrogen-bond donors (Lipinski definition) is 1. The maximum absolute atomic E-state index is 12.8. The predicted molar refractivity (Wildman–Crippen MR) is 88.9 cm³/mol. The molecular formula is C18H24N4O. The second kappa shape index (κ2) is 6.52. The van der Waals surface area contributed by atoms with Crippen molar-refractivity contribution in [2.75, 3.05) is 0 Å². The lowest BCUT2D eigenvalue weighted by Gasteiger charge is -2.24. The van der Waals surface area contributed by atoms with Crippen molar-refractivity contribution >= 4 is 5.91 Å². The van der Waals surface area contributed by atoms with Crippen molar-refractivity contribution in [2.24, 2.45) is 0 Å². The van der Waals surface area contributed by atoms with E-state index in [2.05, 4.69) is 22.1 Å². The van der Waals surface area contributed by atoms with Gasteiger partial charge in [-0.05, 0) is 55.9 Å². The standard InChI is InChI=1S/C18H24N4O/c1-12(18-13(2)20-21-14(18)3)10-17(23)22(16-4-5-16)11-15-6-8-19-9-7-15/h6-9,12,16H,4-5,10-11H2,1-3H3,(H,20,21). The molecule has 1 amide bonds. The van der Waals surface area contributed by atoms with Gasteiger partial charge in [-0.3, -0.25) is 14.9 Å². The molecule has 0 spiro atoms. The second-order valence-corrected chi connectivity index (χ2v) is 6.56. The van der Waals surface area contributed by atoms with Gasteiger partial charge in [0, 0.05) is 37.1 Å². The fourth-order valence-electron chi connectivity index (χ4n) is 3.26. The molecule has 3 rings (SSSR count). The molecule has 1 N–H and O–H groups in total. The highest BCUT2D eigenvalue weighted by Gasteiger charge is 2.33. The molecule has 0 aromatic carbocycles. The van der Waals surface area contributed by atoms with E-state index in [-0.39, 0.29) is 11.8 Å². The lowest BCUT2D eigenvalue weighted by atomic mass is 9.95. The Morgan fingerprint density at radius 2 is 2.04 bits per heavy atom. The van der Waals surface area contributed by atoms with Gasteiger partial charge in [0.1, 0.15) is 0 Å². The maximum Gasteiger partial charge on any atom is 0.223 e. The van der Waals surface area contributed by atoms with Crippen molar-refractivity contribution in [1.29, 1.82) is 0 Å². The summed E-state index contributed by atoms with van der Waals surface area (Å²) in [5.41, 5.74) is 4.38. The first-order valence-electron chi connectivity index (χ1n) is 8.26. The van der Waals surface area contributed by atoms with Crippen LogP contribution in [0.15, 0.2) is 24.5 Å². The molecular weight excluding hydrogens is 288 g/mol. The summed E-state index contributed by atoms with van der Waals surface area (Å²) in [6.45, 7) is 6.81. The number of nitrogens with zero attached hydrogens (tertiary/aromatic N) is 3. The van der Waals surface area contributed by atoms with E-state index in [4.69, 9.17) is 0 Å². The van der Waals surface area contributed by atoms with Crippen LogP contribution in [0.5, 0.6) is 0 Å². The molecule has 0 radical (unpaired) electrons. The first kappa shape index (κ1) is 15.7. The van der Waals surface area contributed by atoms with E-state index in [0.29, 0.717) is 19.0 Å². The Bertz CT molecular complexity index is 656. The summed E-state index contributed by atoms with van der Waals surface area (Å²) in [5, 5.41) is 7.26. The number of rotatable bonds is 6. The zero-order chi connectivity index (χ0) is 16.4. The number of pyridine rings is 1. The van der Waals surface area contributed by atoms with Crippen molar-refractivity contribution in [3.8, 4) is 0 Å². The predicted octanol–water partition coefficient (Wildman–Crippen LogP) is 3.11. The highest BCUT2D eigenvalue weighted by atomic mass is 16.2. The Kier molecular flexibility index (Phi) is 4.46. The van der Waals surface area contributed by atoms with Crippen LogP contribution < -0.4 is 0 Å². The third kappa shape index (κ3) is 3.60. The van der Waals surface area contributed by atoms with E-state index in [1.54, 1.807) is 12.4 Å². The lowest BCUT2D eigenvalue weighted by molar-refractivity contribution is -0.132. The summed E-state index contributed by atoms with van der Waals surface area (Å²) in [6.07, 6.45) is 6.34. The van der Waals surface area contributed by atoms with E-state index in [1.807, 2.05) is 30.9 Å². The molecule has 2 aromatic rings. The highest BCUT2D eigenvalue weighted by molar-refractivity contribution is 5.78. The quantitative estimate of drug-likeness (QED) is 0.891. The van der Waals surface area contributed by atoms with Crippen LogP contribution in [0, 0.1) is 13.8 Å². The average Bonchev–Trinajstić information content (AvgIpc) is 3.31. The largest absolute Gasteiger partial charge is 0.335 e. The third-order valence-corrected chi connectivity index (χ3v) is 4.57. The van der Waals surface area contributed by atoms with Crippen LogP contribution in [-0.2, 0) is 11.3 Å². The van der Waals surface area contributed by atoms with Crippen molar-refractivity contribution in [3.63, 3.8) is 0 Å². The first-order chi connectivity index (χ1) is 11.1. The summed E-state index contributed by atoms with van der Waals surface area (Å²) < 4.78 is 0. The van der Waals surface area contributed by atoms with Gasteiger partial charge in [-0.25, -0.2) is 0 Å². The van der Waals surface area contributed by atoms with Gasteiger partial charge in [0.05, 0.1) is 5.69 Å². The number of aromatic nitrogens is 3. The van der Waals surface area contributed by atoms with Crippen LogP contribution in [0.25, 0.3) is 0 Å². The van der Waals surface area contributed by atoms with E-state index < -0.39 is 0 Å². The van der Waals surface area contributed by atoms with E-state index in [1.165, 1.54) is 5.56 Å². The number of aromatic amines is 1. The summed E-state index contributed by atoms with van der Waals surface area (Å²) in [6, 6.07) is 4.38. The van der Waals surface area contributed by atoms with E-state index >= 15 is 0 Å². The van der Waals surface area contributed by atoms with E-state index in [9.17, 15) is 4.79 Å². The number of nitrogens with one attached hydrogen (secondary N) is 1. The fraction of sp³-hybridized carbons (Fsp3) is 0.500. The summed E-state index contributed by atoms with van der Waals surface area (Å²) in [5.74, 6) is 0.414. The zero-order valence-corrected chi connectivity index (χ0v) is 14.0. The fourth-order valence-corrected chi connectivity index (χ4v) is 3.26. The minimum absolute atomic E-state index is 0.181. The third-order valence-electron chi connectivity index (χ3n) is 4.57. The smallest absolute Gasteiger partial charge is 0.223 e. The molecule has 0 saturated heterocycles. The average molecular weight is 312 g/mol. The van der Waals surface area contributed by atoms with Crippen LogP contribution in [0.4, 0.5) is 0 Å². The molecule has 23 heavy (non-hydrogen) atoms. The molecule has 1 saturated carbocycles. The number of H-pyrrole nitrogens is 1. The van der Waals surface area contributed by atoms with Crippen molar-refractivity contribution in [2.45, 2.75) is 58.5 Å². The first-order valence-corrected chi connectivity index (χ1v) is 8.26. The van der Waals surface area contributed by atoms with Gasteiger partial charge >= 0.3 is 0 Å². The van der Waals surface area contributed by atoms with Gasteiger partial charge < -0.3 is 4.90 Å². The topological polar surface area (TPSA) is 61.9 Å². The molecule has 5 nitrogen and oxygen atoms in total. The van der Waals surface area contributed by atoms with Crippen LogP contribution in [0.2, 0.25) is 0 Å². The summed E-state index contributed by atoms with van der Waals surface area (Å²) >= 11 is 0. The van der Waals surface area contributed by atoms with Crippen LogP contribution in [-0.4, -0.2) is 32.0 Å². The molecule has 1 aliphatic rings. The molecule has 1 fully saturated rings. The van der Waals surface area contributed by atoms with Gasteiger partial charge in [0.2, 0.25) is 5.91 Å². The highest BCUT2D eigenvalue weighted by Crippen LogP contribution is 2.31. The van der Waals surface area contributed by atoms with E-state index in [0.717, 1.165) is 29.8 Å². The molecule has 2 heterocycles. The lowest BCUT2D eigenvalue weighted by Crippen LogP contribution is -2.33. The molecule has 2 aromatic heterocycles. The Balaban J connectivity index is 1.69. The van der Waals surface area contributed by atoms with Gasteiger partial charge in [0.25, 0.3) is 0 Å². The van der Waals surface area contributed by atoms with Gasteiger partial charge in [-0.2, -0.15) is 5.10 Å². The van der Waals surface area contributed by atoms with Crippen molar-refractivity contribution in [3.05, 3.63) is 47.0 Å². The SMILES string of the molecule is Cc1n[nH]c(C)c1C(C)CC(=O)N(Cc1ccncc1)C1CC1. The Hall–Kier alpha value is -2.17. The molecule has 1 aliphatic carbocycles. The number of aryl methyl sites for hydroxylation is 2. The van der Waals surface area contributed by atoms with Gasteiger partial charge in [-0.15, -0.1) is 0 Å². The van der Waals surface area contributed by atoms with Crippen LogP contribution >= 0.6 is 0 Å². The second-order valence-electron chi connectivity index (χ2n) is 6.56. The Labute approximate surface area is 137 Å². The zero-order valence-electron chi connectivity index (χ0n) is 14.0. The molecule has 1 unspecified atom stereocenters. The molecule has 0 aliphatic heterocycles. The van der Waals surface area contributed by atoms with Gasteiger partial charge in [0.15, 0.2) is 0 Å². The summed E-state index contributed by atoms with van der Waals surface area (Å²) in [4.78, 5) is 18.9. The number of amides is 1. The maximum atomic E-state index is 12.8. The van der Waals surface area contributed by atoms with Crippen LogP contribution in [0.3, 0.4) is 0 Å². The number of carbonyl (C=O) groups is 1. The van der Waals surface area contributed by atoms with Crippen LogP contribution in [0.1, 0.15) is 54.6 Å². The minimum Gasteiger partial charge on any atom is -0.335 e. The normalized spacial score (nSPS) is 15.4. The Morgan fingerprint density at radius 1 is 1.35 bits per heavy atom. The minimum atomic E-state index is 0.181. The summed E-state index contributed by atoms with van der Waals surface area (Å²) in [7, 11) is 0.